The molecule has 0 saturated carbocycles. The molecular formula is C21H31N3O4S. The van der Waals surface area contributed by atoms with Gasteiger partial charge < -0.3 is 9.84 Å². The van der Waals surface area contributed by atoms with Crippen LogP contribution in [0.5, 0.6) is 0 Å². The maximum Gasteiger partial charge on any atom is 0.243 e. The predicted octanol–water partition coefficient (Wildman–Crippen LogP) is 4.10. The molecule has 0 radical (unpaired) electrons. The Hall–Kier alpha value is -2.19. The Labute approximate surface area is 173 Å². The van der Waals surface area contributed by atoms with E-state index in [0.717, 1.165) is 18.4 Å². The number of nitrogens with one attached hydrogen (secondary N) is 1. The zero-order valence-electron chi connectivity index (χ0n) is 17.9. The molecule has 0 unspecified atom stereocenters. The summed E-state index contributed by atoms with van der Waals surface area (Å²) in [4.78, 5) is 12.6. The molecule has 1 aromatic heterocycles. The summed E-state index contributed by atoms with van der Waals surface area (Å²) in [5, 5.41) is 6.30. The molecule has 0 aliphatic heterocycles. The summed E-state index contributed by atoms with van der Waals surface area (Å²) < 4.78 is 32.5. The first-order valence-corrected chi connectivity index (χ1v) is 11.3. The summed E-state index contributed by atoms with van der Waals surface area (Å²) >= 11 is 0. The molecule has 0 bridgehead atoms. The number of hydrogen-bond acceptors (Lipinski definition) is 5. The highest BCUT2D eigenvalue weighted by atomic mass is 32.2. The molecule has 8 heteroatoms. The smallest absolute Gasteiger partial charge is 0.243 e. The number of aryl methyl sites for hydroxylation is 1. The van der Waals surface area contributed by atoms with Crippen molar-refractivity contribution < 1.29 is 17.7 Å². The van der Waals surface area contributed by atoms with Gasteiger partial charge in [0.05, 0.1) is 11.4 Å². The van der Waals surface area contributed by atoms with Crippen molar-refractivity contribution in [1.29, 1.82) is 0 Å². The Kier molecular flexibility index (Phi) is 7.60. The van der Waals surface area contributed by atoms with Crippen LogP contribution in [0.15, 0.2) is 39.8 Å². The van der Waals surface area contributed by atoms with Gasteiger partial charge in [0, 0.05) is 12.6 Å². The normalized spacial score (nSPS) is 12.3. The van der Waals surface area contributed by atoms with Gasteiger partial charge in [-0.15, -0.1) is 0 Å². The number of anilines is 1. The van der Waals surface area contributed by atoms with Gasteiger partial charge in [0.2, 0.25) is 15.9 Å². The average molecular weight is 422 g/mol. The number of benzene rings is 1. The van der Waals surface area contributed by atoms with Crippen molar-refractivity contribution >= 4 is 21.7 Å². The van der Waals surface area contributed by atoms with Crippen LogP contribution < -0.4 is 5.32 Å². The SMILES string of the molecule is CCCCCN(CC(=O)Nc1cc(C)on1)S(=O)(=O)c1ccc(C(C)(C)C)cc1. The van der Waals surface area contributed by atoms with E-state index in [9.17, 15) is 13.2 Å². The number of nitrogens with zero attached hydrogens (tertiary/aromatic N) is 2. The van der Waals surface area contributed by atoms with Crippen molar-refractivity contribution in [2.24, 2.45) is 0 Å². The van der Waals surface area contributed by atoms with E-state index in [0.29, 0.717) is 12.2 Å². The molecule has 0 spiro atoms. The van der Waals surface area contributed by atoms with Crippen LogP contribution in [-0.4, -0.2) is 36.9 Å². The Balaban J connectivity index is 2.20. The summed E-state index contributed by atoms with van der Waals surface area (Å²) in [6.45, 7) is 9.98. The van der Waals surface area contributed by atoms with Crippen LogP contribution in [0.25, 0.3) is 0 Å². The molecule has 0 fully saturated rings. The van der Waals surface area contributed by atoms with E-state index >= 15 is 0 Å². The molecule has 1 aromatic carbocycles. The summed E-state index contributed by atoms with van der Waals surface area (Å²) in [6.07, 6.45) is 2.53. The van der Waals surface area contributed by atoms with E-state index in [1.165, 1.54) is 4.31 Å². The first-order chi connectivity index (χ1) is 13.5. The highest BCUT2D eigenvalue weighted by Gasteiger charge is 2.27. The standard InChI is InChI=1S/C21H31N3O4S/c1-6-7-8-13-24(15-20(25)22-19-14-16(2)28-23-19)29(26,27)18-11-9-17(10-12-18)21(3,4)5/h9-12,14H,6-8,13,15H2,1-5H3,(H,22,23,25). The van der Waals surface area contributed by atoms with Gasteiger partial charge in [0.1, 0.15) is 5.76 Å². The molecule has 0 atom stereocenters. The number of hydrogen-bond donors (Lipinski definition) is 1. The first-order valence-electron chi connectivity index (χ1n) is 9.88. The molecule has 1 N–H and O–H groups in total. The third-order valence-electron chi connectivity index (χ3n) is 4.58. The molecule has 2 aromatic rings. The molecule has 0 aliphatic rings. The van der Waals surface area contributed by atoms with Crippen LogP contribution in [0.2, 0.25) is 0 Å². The van der Waals surface area contributed by atoms with Gasteiger partial charge in [-0.25, -0.2) is 8.42 Å². The van der Waals surface area contributed by atoms with Crippen molar-refractivity contribution in [1.82, 2.24) is 9.46 Å². The largest absolute Gasteiger partial charge is 0.360 e. The van der Waals surface area contributed by atoms with Gasteiger partial charge in [-0.3, -0.25) is 4.79 Å². The van der Waals surface area contributed by atoms with Crippen molar-refractivity contribution in [3.63, 3.8) is 0 Å². The van der Waals surface area contributed by atoms with E-state index in [-0.39, 0.29) is 29.2 Å². The van der Waals surface area contributed by atoms with Crippen LogP contribution in [-0.2, 0) is 20.2 Å². The molecule has 1 amide bonds. The van der Waals surface area contributed by atoms with Crippen LogP contribution >= 0.6 is 0 Å². The van der Waals surface area contributed by atoms with Gasteiger partial charge >= 0.3 is 0 Å². The number of sulfonamides is 1. The van der Waals surface area contributed by atoms with Crippen LogP contribution in [0, 0.1) is 6.92 Å². The van der Waals surface area contributed by atoms with Crippen LogP contribution in [0.4, 0.5) is 5.82 Å². The van der Waals surface area contributed by atoms with E-state index in [1.807, 2.05) is 19.1 Å². The minimum atomic E-state index is -3.80. The Morgan fingerprint density at radius 1 is 1.17 bits per heavy atom. The topological polar surface area (TPSA) is 92.5 Å². The highest BCUT2D eigenvalue weighted by molar-refractivity contribution is 7.89. The quantitative estimate of drug-likeness (QED) is 0.615. The summed E-state index contributed by atoms with van der Waals surface area (Å²) in [6, 6.07) is 8.47. The molecule has 2 rings (SSSR count). The zero-order chi connectivity index (χ0) is 21.7. The van der Waals surface area contributed by atoms with E-state index < -0.39 is 15.9 Å². The lowest BCUT2D eigenvalue weighted by Gasteiger charge is -2.23. The number of carbonyl (C=O) groups is 1. The van der Waals surface area contributed by atoms with Crippen molar-refractivity contribution in [3.8, 4) is 0 Å². The first kappa shape index (κ1) is 23.1. The molecule has 29 heavy (non-hydrogen) atoms. The monoisotopic (exact) mass is 421 g/mol. The minimum absolute atomic E-state index is 0.0707. The van der Waals surface area contributed by atoms with Crippen molar-refractivity contribution in [3.05, 3.63) is 41.7 Å². The maximum absolute atomic E-state index is 13.2. The van der Waals surface area contributed by atoms with Crippen LogP contribution in [0.3, 0.4) is 0 Å². The van der Waals surface area contributed by atoms with Crippen LogP contribution in [0.1, 0.15) is 58.3 Å². The Morgan fingerprint density at radius 2 is 1.83 bits per heavy atom. The summed E-state index contributed by atoms with van der Waals surface area (Å²) in [7, 11) is -3.80. The molecular weight excluding hydrogens is 390 g/mol. The van der Waals surface area contributed by atoms with Gasteiger partial charge in [-0.1, -0.05) is 57.8 Å². The van der Waals surface area contributed by atoms with Gasteiger partial charge in [-0.2, -0.15) is 4.31 Å². The predicted molar refractivity (Wildman–Crippen MR) is 113 cm³/mol. The number of unbranched alkanes of at least 4 members (excludes halogenated alkanes) is 2. The third kappa shape index (κ3) is 6.40. The minimum Gasteiger partial charge on any atom is -0.360 e. The Bertz CT molecular complexity index is 912. The van der Waals surface area contributed by atoms with E-state index in [2.05, 4.69) is 31.2 Å². The maximum atomic E-state index is 13.2. The van der Waals surface area contributed by atoms with Crippen molar-refractivity contribution in [2.75, 3.05) is 18.4 Å². The number of carbonyl (C=O) groups excluding carboxylic acids is 1. The fourth-order valence-electron chi connectivity index (χ4n) is 2.87. The zero-order valence-corrected chi connectivity index (χ0v) is 18.7. The lowest BCUT2D eigenvalue weighted by molar-refractivity contribution is -0.116. The number of aromatic nitrogens is 1. The lowest BCUT2D eigenvalue weighted by atomic mass is 9.87. The average Bonchev–Trinajstić information content (AvgIpc) is 3.05. The molecule has 0 aliphatic carbocycles. The third-order valence-corrected chi connectivity index (χ3v) is 6.44. The lowest BCUT2D eigenvalue weighted by Crippen LogP contribution is -2.38. The molecule has 1 heterocycles. The summed E-state index contributed by atoms with van der Waals surface area (Å²) in [5.74, 6) is 0.379. The van der Waals surface area contributed by atoms with Gasteiger partial charge in [0.25, 0.3) is 0 Å². The number of rotatable bonds is 9. The Morgan fingerprint density at radius 3 is 2.34 bits per heavy atom. The number of amides is 1. The second-order valence-corrected chi connectivity index (χ2v) is 10.1. The fourth-order valence-corrected chi connectivity index (χ4v) is 4.30. The molecule has 160 valence electrons. The van der Waals surface area contributed by atoms with Gasteiger partial charge in [-0.05, 0) is 36.5 Å². The van der Waals surface area contributed by atoms with Crippen molar-refractivity contribution in [2.45, 2.75) is 64.2 Å². The van der Waals surface area contributed by atoms with Gasteiger partial charge in [0.15, 0.2) is 5.82 Å². The molecule has 0 saturated heterocycles. The second-order valence-electron chi connectivity index (χ2n) is 8.19. The second kappa shape index (κ2) is 9.54. The summed E-state index contributed by atoms with van der Waals surface area (Å²) in [5.41, 5.74) is 0.978. The fraction of sp³-hybridized carbons (Fsp3) is 0.524. The molecule has 7 nitrogen and oxygen atoms in total. The van der Waals surface area contributed by atoms with E-state index in [4.69, 9.17) is 4.52 Å². The highest BCUT2D eigenvalue weighted by Crippen LogP contribution is 2.25. The van der Waals surface area contributed by atoms with E-state index in [1.54, 1.807) is 25.1 Å².